The minimum Gasteiger partial charge on any atom is -0.322 e. The number of hydrogen-bond acceptors (Lipinski definition) is 3. The van der Waals surface area contributed by atoms with E-state index in [1.807, 2.05) is 44.2 Å². The predicted molar refractivity (Wildman–Crippen MR) is 119 cm³/mol. The van der Waals surface area contributed by atoms with E-state index in [2.05, 4.69) is 32.0 Å². The summed E-state index contributed by atoms with van der Waals surface area (Å²) in [5.74, 6) is -0.260. The lowest BCUT2D eigenvalue weighted by Crippen LogP contribution is -2.51. The van der Waals surface area contributed by atoms with Gasteiger partial charge in [0.1, 0.15) is 5.54 Å². The summed E-state index contributed by atoms with van der Waals surface area (Å²) in [4.78, 5) is 38.1. The number of nitrogens with one attached hydrogen (secondary N) is 3. The van der Waals surface area contributed by atoms with Crippen LogP contribution < -0.4 is 16.1 Å². The van der Waals surface area contributed by atoms with Gasteiger partial charge in [0, 0.05) is 10.2 Å². The number of urea groups is 2. The normalized spacial score (nSPS) is 18.5. The fourth-order valence-corrected chi connectivity index (χ4v) is 3.89. The number of carbonyl (C=O) groups is 3. The number of rotatable bonds is 7. The average Bonchev–Trinajstić information content (AvgIpc) is 2.93. The van der Waals surface area contributed by atoms with Crippen molar-refractivity contribution in [3.8, 4) is 0 Å². The van der Waals surface area contributed by atoms with Crippen LogP contribution in [-0.2, 0) is 11.2 Å². The van der Waals surface area contributed by atoms with E-state index < -0.39 is 23.5 Å². The van der Waals surface area contributed by atoms with Crippen LogP contribution in [0, 0.1) is 5.92 Å². The second-order valence-corrected chi connectivity index (χ2v) is 8.72. The van der Waals surface area contributed by atoms with Crippen LogP contribution in [0.2, 0.25) is 0 Å². The number of anilines is 1. The van der Waals surface area contributed by atoms with Gasteiger partial charge < -0.3 is 10.6 Å². The molecular formula is C22H25BrN4O3. The number of nitrogens with zero attached hydrogens (tertiary/aromatic N) is 1. The van der Waals surface area contributed by atoms with E-state index in [1.165, 1.54) is 0 Å². The highest BCUT2D eigenvalue weighted by Crippen LogP contribution is 2.29. The van der Waals surface area contributed by atoms with Crippen molar-refractivity contribution in [2.75, 3.05) is 5.32 Å². The van der Waals surface area contributed by atoms with Gasteiger partial charge in [0.05, 0.1) is 0 Å². The molecule has 7 nitrogen and oxygen atoms in total. The summed E-state index contributed by atoms with van der Waals surface area (Å²) < 4.78 is 0.874. The van der Waals surface area contributed by atoms with Gasteiger partial charge in [0.15, 0.2) is 0 Å². The first-order chi connectivity index (χ1) is 14.3. The van der Waals surface area contributed by atoms with Crippen LogP contribution in [0.1, 0.15) is 32.3 Å². The molecule has 2 aromatic carbocycles. The summed E-state index contributed by atoms with van der Waals surface area (Å²) >= 11 is 3.33. The quantitative estimate of drug-likeness (QED) is 0.519. The van der Waals surface area contributed by atoms with Crippen molar-refractivity contribution in [3.63, 3.8) is 0 Å². The number of benzene rings is 2. The van der Waals surface area contributed by atoms with Crippen LogP contribution in [0.15, 0.2) is 59.1 Å². The number of hydrogen-bond donors (Lipinski definition) is 3. The molecule has 158 valence electrons. The maximum Gasteiger partial charge on any atom is 0.344 e. The molecule has 2 aromatic rings. The molecule has 3 rings (SSSR count). The van der Waals surface area contributed by atoms with Crippen molar-refractivity contribution in [2.24, 2.45) is 5.92 Å². The number of aryl methyl sites for hydroxylation is 1. The van der Waals surface area contributed by atoms with Gasteiger partial charge in [-0.1, -0.05) is 60.1 Å². The minimum absolute atomic E-state index is 0.182. The smallest absolute Gasteiger partial charge is 0.322 e. The van der Waals surface area contributed by atoms with Gasteiger partial charge in [-0.05, 0) is 55.0 Å². The van der Waals surface area contributed by atoms with Gasteiger partial charge in [-0.3, -0.25) is 4.79 Å². The highest BCUT2D eigenvalue weighted by Gasteiger charge is 2.51. The summed E-state index contributed by atoms with van der Waals surface area (Å²) in [6.45, 7) is 4.00. The zero-order valence-electron chi connectivity index (χ0n) is 16.9. The molecule has 3 N–H and O–H groups in total. The van der Waals surface area contributed by atoms with Crippen molar-refractivity contribution in [2.45, 2.75) is 38.6 Å². The first-order valence-electron chi connectivity index (χ1n) is 9.83. The Morgan fingerprint density at radius 1 is 1.10 bits per heavy atom. The van der Waals surface area contributed by atoms with Crippen LogP contribution in [0.3, 0.4) is 0 Å². The van der Waals surface area contributed by atoms with Gasteiger partial charge in [0.2, 0.25) is 0 Å². The lowest BCUT2D eigenvalue weighted by Gasteiger charge is -2.28. The first-order valence-corrected chi connectivity index (χ1v) is 10.6. The fourth-order valence-electron chi connectivity index (χ4n) is 3.62. The molecule has 1 fully saturated rings. The third-order valence-electron chi connectivity index (χ3n) is 4.92. The molecule has 0 bridgehead atoms. The molecule has 0 spiro atoms. The Hall–Kier alpha value is -2.87. The van der Waals surface area contributed by atoms with Crippen LogP contribution in [0.25, 0.3) is 0 Å². The predicted octanol–water partition coefficient (Wildman–Crippen LogP) is 4.46. The third kappa shape index (κ3) is 5.18. The molecule has 1 aliphatic heterocycles. The molecule has 30 heavy (non-hydrogen) atoms. The maximum absolute atomic E-state index is 13.2. The van der Waals surface area contributed by atoms with Crippen LogP contribution in [0.4, 0.5) is 15.3 Å². The SMILES string of the molecule is CC(C)CC1(CCc2ccccc2)NC(=O)N(NC(=O)Nc2ccc(Br)cc2)C1=O. The lowest BCUT2D eigenvalue weighted by molar-refractivity contribution is -0.133. The van der Waals surface area contributed by atoms with E-state index in [-0.39, 0.29) is 5.92 Å². The summed E-state index contributed by atoms with van der Waals surface area (Å²) in [6, 6.07) is 15.5. The molecule has 1 saturated heterocycles. The Labute approximate surface area is 184 Å². The van der Waals surface area contributed by atoms with Crippen molar-refractivity contribution in [1.29, 1.82) is 0 Å². The lowest BCUT2D eigenvalue weighted by atomic mass is 9.83. The number of hydrazine groups is 1. The van der Waals surface area contributed by atoms with Gasteiger partial charge in [-0.15, -0.1) is 0 Å². The monoisotopic (exact) mass is 472 g/mol. The van der Waals surface area contributed by atoms with E-state index in [0.717, 1.165) is 15.0 Å². The van der Waals surface area contributed by atoms with Crippen LogP contribution in [-0.4, -0.2) is 28.5 Å². The Morgan fingerprint density at radius 3 is 2.40 bits per heavy atom. The van der Waals surface area contributed by atoms with E-state index in [1.54, 1.807) is 24.3 Å². The standard InChI is InChI=1S/C22H25BrN4O3/c1-15(2)14-22(13-12-16-6-4-3-5-7-16)19(28)27(21(30)25-22)26-20(29)24-18-10-8-17(23)9-11-18/h3-11,15H,12-14H2,1-2H3,(H,25,30)(H2,24,26,29). The summed E-state index contributed by atoms with van der Waals surface area (Å²) in [7, 11) is 0. The van der Waals surface area contributed by atoms with E-state index in [0.29, 0.717) is 24.9 Å². The summed E-state index contributed by atoms with van der Waals surface area (Å²) in [5.41, 5.74) is 2.96. The molecule has 5 amide bonds. The second kappa shape index (κ2) is 9.30. The molecule has 0 radical (unpaired) electrons. The van der Waals surface area contributed by atoms with Crippen LogP contribution >= 0.6 is 15.9 Å². The Balaban J connectivity index is 1.71. The molecule has 1 heterocycles. The van der Waals surface area contributed by atoms with E-state index in [4.69, 9.17) is 0 Å². The average molecular weight is 473 g/mol. The van der Waals surface area contributed by atoms with Gasteiger partial charge in [-0.25, -0.2) is 15.0 Å². The Morgan fingerprint density at radius 2 is 1.77 bits per heavy atom. The molecule has 1 unspecified atom stereocenters. The molecule has 1 atom stereocenters. The molecule has 1 aliphatic rings. The second-order valence-electron chi connectivity index (χ2n) is 7.81. The number of halogens is 1. The molecule has 0 aromatic heterocycles. The summed E-state index contributed by atoms with van der Waals surface area (Å²) in [5, 5.41) is 6.23. The maximum atomic E-state index is 13.2. The van der Waals surface area contributed by atoms with Crippen molar-refractivity contribution < 1.29 is 14.4 Å². The fraction of sp³-hybridized carbons (Fsp3) is 0.318. The number of amides is 5. The van der Waals surface area contributed by atoms with Crippen molar-refractivity contribution in [1.82, 2.24) is 15.8 Å². The zero-order chi connectivity index (χ0) is 21.7. The van der Waals surface area contributed by atoms with E-state index >= 15 is 0 Å². The molecule has 8 heteroatoms. The highest BCUT2D eigenvalue weighted by atomic mass is 79.9. The molecular weight excluding hydrogens is 448 g/mol. The van der Waals surface area contributed by atoms with E-state index in [9.17, 15) is 14.4 Å². The minimum atomic E-state index is -1.05. The molecule has 0 saturated carbocycles. The largest absolute Gasteiger partial charge is 0.344 e. The number of imide groups is 1. The zero-order valence-corrected chi connectivity index (χ0v) is 18.5. The first kappa shape index (κ1) is 21.8. The Bertz CT molecular complexity index is 918. The number of carbonyl (C=O) groups excluding carboxylic acids is 3. The topological polar surface area (TPSA) is 90.5 Å². The van der Waals surface area contributed by atoms with Gasteiger partial charge in [-0.2, -0.15) is 5.01 Å². The summed E-state index contributed by atoms with van der Waals surface area (Å²) in [6.07, 6.45) is 1.57. The van der Waals surface area contributed by atoms with Crippen molar-refractivity contribution >= 4 is 39.6 Å². The Kier molecular flexibility index (Phi) is 6.77. The van der Waals surface area contributed by atoms with Gasteiger partial charge >= 0.3 is 12.1 Å². The highest BCUT2D eigenvalue weighted by molar-refractivity contribution is 9.10. The molecule has 0 aliphatic carbocycles. The van der Waals surface area contributed by atoms with Crippen LogP contribution in [0.5, 0.6) is 0 Å². The van der Waals surface area contributed by atoms with Gasteiger partial charge in [0.25, 0.3) is 5.91 Å². The van der Waals surface area contributed by atoms with Crippen molar-refractivity contribution in [3.05, 3.63) is 64.6 Å². The third-order valence-corrected chi connectivity index (χ3v) is 5.45.